The zero-order chi connectivity index (χ0) is 11.7. The van der Waals surface area contributed by atoms with E-state index in [1.165, 1.54) is 23.6 Å². The number of hydrogen-bond acceptors (Lipinski definition) is 4. The summed E-state index contributed by atoms with van der Waals surface area (Å²) < 4.78 is 0. The van der Waals surface area contributed by atoms with E-state index in [4.69, 9.17) is 5.11 Å². The molecule has 1 aliphatic rings. The second-order valence-corrected chi connectivity index (χ2v) is 5.57. The van der Waals surface area contributed by atoms with Crippen molar-refractivity contribution in [3.05, 3.63) is 22.4 Å². The van der Waals surface area contributed by atoms with E-state index in [9.17, 15) is 9.59 Å². The van der Waals surface area contributed by atoms with Crippen molar-refractivity contribution in [3.63, 3.8) is 0 Å². The van der Waals surface area contributed by atoms with Crippen LogP contribution in [0.4, 0.5) is 0 Å². The largest absolute Gasteiger partial charge is 0.480 e. The number of carboxylic acids is 1. The lowest BCUT2D eigenvalue weighted by molar-refractivity contribution is -0.148. The van der Waals surface area contributed by atoms with Gasteiger partial charge >= 0.3 is 5.97 Å². The van der Waals surface area contributed by atoms with Gasteiger partial charge in [0, 0.05) is 17.6 Å². The van der Waals surface area contributed by atoms with Gasteiger partial charge in [-0.2, -0.15) is 0 Å². The smallest absolute Gasteiger partial charge is 0.327 e. The fourth-order valence-corrected chi connectivity index (χ4v) is 4.17. The van der Waals surface area contributed by atoms with Crippen LogP contribution in [0.25, 0.3) is 0 Å². The summed E-state index contributed by atoms with van der Waals surface area (Å²) >= 11 is 3.06. The summed E-state index contributed by atoms with van der Waals surface area (Å²) in [5.74, 6) is -0.658. The van der Waals surface area contributed by atoms with E-state index >= 15 is 0 Å². The van der Waals surface area contributed by atoms with E-state index in [1.807, 2.05) is 17.5 Å². The van der Waals surface area contributed by atoms with Crippen molar-refractivity contribution >= 4 is 35.0 Å². The molecule has 1 saturated heterocycles. The molecule has 0 spiro atoms. The number of thiophene rings is 1. The summed E-state index contributed by atoms with van der Waals surface area (Å²) in [5.41, 5.74) is 0. The number of hydrogen-bond donors (Lipinski definition) is 1. The van der Waals surface area contributed by atoms with Crippen LogP contribution in [0.15, 0.2) is 17.5 Å². The predicted molar refractivity (Wildman–Crippen MR) is 63.5 cm³/mol. The normalized spacial score (nSPS) is 24.7. The van der Waals surface area contributed by atoms with Gasteiger partial charge in [0.15, 0.2) is 0 Å². The number of nitrogens with zero attached hydrogens (tertiary/aromatic N) is 1. The Kier molecular flexibility index (Phi) is 3.20. The molecule has 2 atom stereocenters. The molecule has 1 aromatic rings. The summed E-state index contributed by atoms with van der Waals surface area (Å²) in [6.07, 6.45) is 0. The Bertz CT molecular complexity index is 404. The molecule has 86 valence electrons. The van der Waals surface area contributed by atoms with Crippen LogP contribution in [-0.4, -0.2) is 33.7 Å². The number of aliphatic carboxylic acids is 1. The minimum atomic E-state index is -0.929. The summed E-state index contributed by atoms with van der Waals surface area (Å²) in [6.45, 7) is 1.42. The molecule has 0 radical (unpaired) electrons. The molecule has 1 aliphatic heterocycles. The van der Waals surface area contributed by atoms with Gasteiger partial charge in [-0.25, -0.2) is 4.79 Å². The molecule has 1 N–H and O–H groups in total. The molecule has 0 aliphatic carbocycles. The Morgan fingerprint density at radius 3 is 2.81 bits per heavy atom. The van der Waals surface area contributed by atoms with Gasteiger partial charge in [-0.3, -0.25) is 4.79 Å². The first kappa shape index (κ1) is 11.5. The van der Waals surface area contributed by atoms with Gasteiger partial charge in [0.2, 0.25) is 5.91 Å². The molecule has 0 aromatic carbocycles. The minimum Gasteiger partial charge on any atom is -0.480 e. The maximum Gasteiger partial charge on any atom is 0.327 e. The van der Waals surface area contributed by atoms with Crippen molar-refractivity contribution in [2.24, 2.45) is 0 Å². The van der Waals surface area contributed by atoms with E-state index in [0.717, 1.165) is 4.88 Å². The van der Waals surface area contributed by atoms with Crippen molar-refractivity contribution in [2.75, 3.05) is 5.75 Å². The first-order valence-electron chi connectivity index (χ1n) is 4.78. The average molecular weight is 257 g/mol. The van der Waals surface area contributed by atoms with Crippen molar-refractivity contribution in [2.45, 2.75) is 18.3 Å². The topological polar surface area (TPSA) is 57.6 Å². The zero-order valence-corrected chi connectivity index (χ0v) is 10.3. The number of carboxylic acid groups (broad SMARTS) is 1. The molecule has 1 fully saturated rings. The third-order valence-electron chi connectivity index (χ3n) is 2.44. The molecular weight excluding hydrogens is 246 g/mol. The van der Waals surface area contributed by atoms with Crippen LogP contribution in [0, 0.1) is 0 Å². The number of amides is 1. The first-order valence-corrected chi connectivity index (χ1v) is 6.71. The molecule has 4 nitrogen and oxygen atoms in total. The summed E-state index contributed by atoms with van der Waals surface area (Å²) in [5, 5.41) is 10.8. The van der Waals surface area contributed by atoms with Crippen molar-refractivity contribution < 1.29 is 14.7 Å². The highest BCUT2D eigenvalue weighted by atomic mass is 32.2. The Balaban J connectivity index is 2.28. The van der Waals surface area contributed by atoms with Gasteiger partial charge in [-0.15, -0.1) is 23.1 Å². The van der Waals surface area contributed by atoms with E-state index < -0.39 is 12.0 Å². The molecular formula is C10H11NO3S2. The molecule has 1 amide bonds. The third kappa shape index (κ3) is 1.94. The predicted octanol–water partition coefficient (Wildman–Crippen LogP) is 1.80. The number of rotatable bonds is 2. The Morgan fingerprint density at radius 1 is 1.56 bits per heavy atom. The van der Waals surface area contributed by atoms with Gasteiger partial charge in [0.25, 0.3) is 0 Å². The van der Waals surface area contributed by atoms with E-state index in [-0.39, 0.29) is 11.3 Å². The van der Waals surface area contributed by atoms with Crippen LogP contribution in [0.1, 0.15) is 17.2 Å². The van der Waals surface area contributed by atoms with Crippen molar-refractivity contribution in [1.82, 2.24) is 4.90 Å². The number of carbonyl (C=O) groups excluding carboxylic acids is 1. The summed E-state index contributed by atoms with van der Waals surface area (Å²) in [6, 6.07) is 3.14. The molecule has 0 saturated carbocycles. The Hall–Kier alpha value is -1.01. The maximum absolute atomic E-state index is 11.5. The van der Waals surface area contributed by atoms with Gasteiger partial charge in [0.1, 0.15) is 11.4 Å². The SMILES string of the molecule is CC(=O)N1C(C(=O)O)CSC1c1cccs1. The highest BCUT2D eigenvalue weighted by Gasteiger charge is 2.41. The highest BCUT2D eigenvalue weighted by Crippen LogP contribution is 2.42. The molecule has 2 rings (SSSR count). The molecule has 6 heteroatoms. The lowest BCUT2D eigenvalue weighted by Crippen LogP contribution is -2.41. The van der Waals surface area contributed by atoms with Crippen LogP contribution in [-0.2, 0) is 9.59 Å². The summed E-state index contributed by atoms with van der Waals surface area (Å²) in [4.78, 5) is 25.0. The first-order chi connectivity index (χ1) is 7.61. The van der Waals surface area contributed by atoms with Crippen molar-refractivity contribution in [1.29, 1.82) is 0 Å². The van der Waals surface area contributed by atoms with E-state index in [1.54, 1.807) is 11.3 Å². The number of thioether (sulfide) groups is 1. The van der Waals surface area contributed by atoms with Gasteiger partial charge < -0.3 is 10.0 Å². The van der Waals surface area contributed by atoms with Crippen LogP contribution in [0.2, 0.25) is 0 Å². The third-order valence-corrected chi connectivity index (χ3v) is 4.81. The highest BCUT2D eigenvalue weighted by molar-refractivity contribution is 7.99. The Labute approximate surface area is 101 Å². The molecule has 2 heterocycles. The van der Waals surface area contributed by atoms with Crippen LogP contribution in [0.5, 0.6) is 0 Å². The molecule has 1 aromatic heterocycles. The lowest BCUT2D eigenvalue weighted by atomic mass is 10.2. The second kappa shape index (κ2) is 4.47. The summed E-state index contributed by atoms with van der Waals surface area (Å²) in [7, 11) is 0. The van der Waals surface area contributed by atoms with Crippen LogP contribution >= 0.6 is 23.1 Å². The standard InChI is InChI=1S/C10H11NO3S2/c1-6(12)11-7(10(13)14)5-16-9(11)8-3-2-4-15-8/h2-4,7,9H,5H2,1H3,(H,13,14). The fraction of sp³-hybridized carbons (Fsp3) is 0.400. The van der Waals surface area contributed by atoms with E-state index in [2.05, 4.69) is 0 Å². The fourth-order valence-electron chi connectivity index (χ4n) is 1.73. The minimum absolute atomic E-state index is 0.140. The Morgan fingerprint density at radius 2 is 2.31 bits per heavy atom. The van der Waals surface area contributed by atoms with Gasteiger partial charge in [-0.05, 0) is 11.4 Å². The lowest BCUT2D eigenvalue weighted by Gasteiger charge is -2.25. The van der Waals surface area contributed by atoms with Crippen molar-refractivity contribution in [3.8, 4) is 0 Å². The number of carbonyl (C=O) groups is 2. The average Bonchev–Trinajstić information content (AvgIpc) is 2.85. The molecule has 16 heavy (non-hydrogen) atoms. The van der Waals surface area contributed by atoms with E-state index in [0.29, 0.717) is 5.75 Å². The zero-order valence-electron chi connectivity index (χ0n) is 8.62. The maximum atomic E-state index is 11.5. The van der Waals surface area contributed by atoms with Crippen LogP contribution in [0.3, 0.4) is 0 Å². The monoisotopic (exact) mass is 257 g/mol. The second-order valence-electron chi connectivity index (χ2n) is 3.48. The van der Waals surface area contributed by atoms with Crippen LogP contribution < -0.4 is 0 Å². The molecule has 0 bridgehead atoms. The van der Waals surface area contributed by atoms with Gasteiger partial charge in [-0.1, -0.05) is 6.07 Å². The van der Waals surface area contributed by atoms with Gasteiger partial charge in [0.05, 0.1) is 0 Å². The quantitative estimate of drug-likeness (QED) is 0.877. The molecule has 2 unspecified atom stereocenters.